The minimum absolute atomic E-state index is 0. The largest absolute Gasteiger partial charge is 0.356 e. The number of aliphatic imine (C=N–C) groups is 1. The van der Waals surface area contributed by atoms with Gasteiger partial charge in [0.15, 0.2) is 5.96 Å². The molecule has 1 aliphatic heterocycles. The average molecular weight is 465 g/mol. The summed E-state index contributed by atoms with van der Waals surface area (Å²) in [6.07, 6.45) is 2.44. The zero-order valence-electron chi connectivity index (χ0n) is 15.0. The molecule has 0 saturated carbocycles. The van der Waals surface area contributed by atoms with Crippen molar-refractivity contribution >= 4 is 41.3 Å². The normalized spacial score (nSPS) is 16.7. The third-order valence-corrected chi connectivity index (χ3v) is 5.22. The van der Waals surface area contributed by atoms with Crippen molar-refractivity contribution in [2.24, 2.45) is 4.99 Å². The molecule has 138 valence electrons. The van der Waals surface area contributed by atoms with Crippen LogP contribution >= 0.6 is 35.3 Å². The summed E-state index contributed by atoms with van der Waals surface area (Å²) in [6, 6.07) is 4.22. The minimum Gasteiger partial charge on any atom is -0.356 e. The standard InChI is InChI=1S/C17H31N5S.HI/c1-3-21-10-12-22(13-11-21)9-5-4-8-19-17(18-2)20-15-16-7-6-14-23-16;/h6-7,14H,3-5,8-13,15H2,1-2H3,(H2,18,19,20);1H. The van der Waals surface area contributed by atoms with Crippen molar-refractivity contribution in [1.29, 1.82) is 0 Å². The molecule has 0 aliphatic carbocycles. The number of rotatable bonds is 8. The molecule has 0 atom stereocenters. The number of guanidine groups is 1. The van der Waals surface area contributed by atoms with Gasteiger partial charge in [0.2, 0.25) is 0 Å². The molecule has 0 unspecified atom stereocenters. The SMILES string of the molecule is CCN1CCN(CCCCNC(=NC)NCc2cccs2)CC1.I. The van der Waals surface area contributed by atoms with Gasteiger partial charge in [-0.3, -0.25) is 4.99 Å². The quantitative estimate of drug-likeness (QED) is 0.268. The molecule has 2 N–H and O–H groups in total. The number of halogens is 1. The summed E-state index contributed by atoms with van der Waals surface area (Å²) < 4.78 is 0. The van der Waals surface area contributed by atoms with Gasteiger partial charge in [0.25, 0.3) is 0 Å². The topological polar surface area (TPSA) is 42.9 Å². The highest BCUT2D eigenvalue weighted by Crippen LogP contribution is 2.07. The number of likely N-dealkylation sites (N-methyl/N-ethyl adjacent to an activating group) is 1. The van der Waals surface area contributed by atoms with Gasteiger partial charge in [-0.25, -0.2) is 0 Å². The van der Waals surface area contributed by atoms with Gasteiger partial charge in [-0.1, -0.05) is 13.0 Å². The van der Waals surface area contributed by atoms with Gasteiger partial charge in [0, 0.05) is 44.6 Å². The molecule has 0 spiro atoms. The lowest BCUT2D eigenvalue weighted by Gasteiger charge is -2.34. The van der Waals surface area contributed by atoms with E-state index < -0.39 is 0 Å². The summed E-state index contributed by atoms with van der Waals surface area (Å²) in [6.45, 7) is 11.4. The van der Waals surface area contributed by atoms with E-state index in [0.29, 0.717) is 0 Å². The van der Waals surface area contributed by atoms with E-state index in [4.69, 9.17) is 0 Å². The first-order valence-electron chi connectivity index (χ1n) is 8.73. The molecule has 0 aromatic carbocycles. The summed E-state index contributed by atoms with van der Waals surface area (Å²) in [7, 11) is 1.83. The van der Waals surface area contributed by atoms with E-state index in [1.807, 2.05) is 7.05 Å². The molecule has 5 nitrogen and oxygen atoms in total. The van der Waals surface area contributed by atoms with E-state index in [9.17, 15) is 0 Å². The van der Waals surface area contributed by atoms with Crippen molar-refractivity contribution in [3.63, 3.8) is 0 Å². The third kappa shape index (κ3) is 8.13. The molecule has 2 heterocycles. The van der Waals surface area contributed by atoms with Gasteiger partial charge in [0.05, 0.1) is 6.54 Å². The Morgan fingerprint density at radius 2 is 1.92 bits per heavy atom. The highest BCUT2D eigenvalue weighted by molar-refractivity contribution is 14.0. The van der Waals surface area contributed by atoms with Gasteiger partial charge >= 0.3 is 0 Å². The van der Waals surface area contributed by atoms with Gasteiger partial charge in [-0.15, -0.1) is 35.3 Å². The molecular formula is C17H32IN5S. The molecule has 0 amide bonds. The summed E-state index contributed by atoms with van der Waals surface area (Å²) in [5, 5.41) is 8.86. The Balaban J connectivity index is 0.00000288. The zero-order chi connectivity index (χ0) is 16.3. The summed E-state index contributed by atoms with van der Waals surface area (Å²) in [4.78, 5) is 10.7. The van der Waals surface area contributed by atoms with Gasteiger partial charge in [-0.2, -0.15) is 0 Å². The van der Waals surface area contributed by atoms with Crippen LogP contribution in [0.1, 0.15) is 24.6 Å². The van der Waals surface area contributed by atoms with Crippen LogP contribution in [0, 0.1) is 0 Å². The van der Waals surface area contributed by atoms with Crippen LogP contribution in [-0.2, 0) is 6.54 Å². The van der Waals surface area contributed by atoms with E-state index in [1.165, 1.54) is 57.0 Å². The number of nitrogens with one attached hydrogen (secondary N) is 2. The van der Waals surface area contributed by atoms with Crippen molar-refractivity contribution in [1.82, 2.24) is 20.4 Å². The Morgan fingerprint density at radius 1 is 1.17 bits per heavy atom. The second-order valence-electron chi connectivity index (χ2n) is 5.91. The highest BCUT2D eigenvalue weighted by atomic mass is 127. The summed E-state index contributed by atoms with van der Waals surface area (Å²) >= 11 is 1.77. The van der Waals surface area contributed by atoms with Crippen molar-refractivity contribution in [2.45, 2.75) is 26.3 Å². The number of thiophene rings is 1. The Bertz CT molecular complexity index is 444. The lowest BCUT2D eigenvalue weighted by Crippen LogP contribution is -2.46. The van der Waals surface area contributed by atoms with E-state index in [1.54, 1.807) is 11.3 Å². The Kier molecular flexibility index (Phi) is 11.7. The molecule has 1 fully saturated rings. The predicted octanol–water partition coefficient (Wildman–Crippen LogP) is 2.45. The number of hydrogen-bond acceptors (Lipinski definition) is 4. The van der Waals surface area contributed by atoms with Crippen molar-refractivity contribution < 1.29 is 0 Å². The van der Waals surface area contributed by atoms with Crippen LogP contribution in [0.5, 0.6) is 0 Å². The van der Waals surface area contributed by atoms with Crippen molar-refractivity contribution in [3.05, 3.63) is 22.4 Å². The number of piperazine rings is 1. The van der Waals surface area contributed by atoms with Crippen molar-refractivity contribution in [2.75, 3.05) is 52.9 Å². The highest BCUT2D eigenvalue weighted by Gasteiger charge is 2.14. The molecule has 7 heteroatoms. The maximum absolute atomic E-state index is 4.28. The van der Waals surface area contributed by atoms with Crippen LogP contribution in [0.3, 0.4) is 0 Å². The molecule has 1 saturated heterocycles. The Morgan fingerprint density at radius 3 is 2.54 bits per heavy atom. The molecule has 1 aromatic rings. The molecule has 0 radical (unpaired) electrons. The fourth-order valence-electron chi connectivity index (χ4n) is 2.80. The molecule has 0 bridgehead atoms. The summed E-state index contributed by atoms with van der Waals surface area (Å²) in [5.41, 5.74) is 0. The van der Waals surface area contributed by atoms with Crippen LogP contribution < -0.4 is 10.6 Å². The van der Waals surface area contributed by atoms with Crippen LogP contribution in [0.2, 0.25) is 0 Å². The molecule has 2 rings (SSSR count). The predicted molar refractivity (Wildman–Crippen MR) is 116 cm³/mol. The van der Waals surface area contributed by atoms with Gasteiger partial charge in [0.1, 0.15) is 0 Å². The molecule has 1 aromatic heterocycles. The van der Waals surface area contributed by atoms with Crippen LogP contribution in [0.4, 0.5) is 0 Å². The number of hydrogen-bond donors (Lipinski definition) is 2. The minimum atomic E-state index is 0. The molecule has 24 heavy (non-hydrogen) atoms. The smallest absolute Gasteiger partial charge is 0.191 e. The second-order valence-corrected chi connectivity index (χ2v) is 6.95. The van der Waals surface area contributed by atoms with E-state index >= 15 is 0 Å². The van der Waals surface area contributed by atoms with Crippen LogP contribution in [0.25, 0.3) is 0 Å². The number of nitrogens with zero attached hydrogens (tertiary/aromatic N) is 3. The Labute approximate surface area is 167 Å². The summed E-state index contributed by atoms with van der Waals surface area (Å²) in [5.74, 6) is 0.898. The lowest BCUT2D eigenvalue weighted by molar-refractivity contribution is 0.136. The first kappa shape index (κ1) is 21.7. The third-order valence-electron chi connectivity index (χ3n) is 4.34. The maximum Gasteiger partial charge on any atom is 0.191 e. The fraction of sp³-hybridized carbons (Fsp3) is 0.706. The zero-order valence-corrected chi connectivity index (χ0v) is 18.1. The molecular weight excluding hydrogens is 433 g/mol. The van der Waals surface area contributed by atoms with Crippen LogP contribution in [0.15, 0.2) is 22.5 Å². The molecule has 1 aliphatic rings. The second kappa shape index (κ2) is 12.9. The van der Waals surface area contributed by atoms with Crippen molar-refractivity contribution in [3.8, 4) is 0 Å². The maximum atomic E-state index is 4.28. The van der Waals surface area contributed by atoms with E-state index in [2.05, 4.69) is 49.9 Å². The fourth-order valence-corrected chi connectivity index (χ4v) is 3.45. The van der Waals surface area contributed by atoms with Gasteiger partial charge in [-0.05, 0) is 37.4 Å². The van der Waals surface area contributed by atoms with Crippen LogP contribution in [-0.4, -0.2) is 68.6 Å². The first-order valence-corrected chi connectivity index (χ1v) is 9.61. The Hall–Kier alpha value is -0.380. The van der Waals surface area contributed by atoms with E-state index in [0.717, 1.165) is 19.0 Å². The monoisotopic (exact) mass is 465 g/mol. The van der Waals surface area contributed by atoms with Gasteiger partial charge < -0.3 is 20.4 Å². The number of unbranched alkanes of at least 4 members (excludes halogenated alkanes) is 1. The first-order chi connectivity index (χ1) is 11.3. The van der Waals surface area contributed by atoms with E-state index in [-0.39, 0.29) is 24.0 Å². The average Bonchev–Trinajstić information content (AvgIpc) is 3.11. The lowest BCUT2D eigenvalue weighted by atomic mass is 10.2.